The van der Waals surface area contributed by atoms with Crippen LogP contribution in [0.3, 0.4) is 0 Å². The van der Waals surface area contributed by atoms with Gasteiger partial charge in [-0.3, -0.25) is 4.79 Å². The summed E-state index contributed by atoms with van der Waals surface area (Å²) >= 11 is 0. The molecule has 1 aromatic carbocycles. The van der Waals surface area contributed by atoms with E-state index < -0.39 is 0 Å². The summed E-state index contributed by atoms with van der Waals surface area (Å²) in [6.45, 7) is 1.03. The number of methoxy groups -OCH3 is 1. The highest BCUT2D eigenvalue weighted by Gasteiger charge is 2.35. The fraction of sp³-hybridized carbons (Fsp3) is 0.611. The first-order valence-corrected chi connectivity index (χ1v) is 7.96. The molecule has 1 saturated carbocycles. The number of hydrogen-bond donors (Lipinski definition) is 1. The fourth-order valence-electron chi connectivity index (χ4n) is 3.03. The number of rotatable bonds is 2. The third-order valence-corrected chi connectivity index (χ3v) is 4.20. The Kier molecular flexibility index (Phi) is 8.78. The van der Waals surface area contributed by atoms with E-state index in [1.165, 1.54) is 44.9 Å². The summed E-state index contributed by atoms with van der Waals surface area (Å²) in [5.74, 6) is 0.769. The van der Waals surface area contributed by atoms with Gasteiger partial charge in [0.1, 0.15) is 12.0 Å². The second-order valence-corrected chi connectivity index (χ2v) is 5.59. The van der Waals surface area contributed by atoms with Gasteiger partial charge in [-0.25, -0.2) is 0 Å². The lowest BCUT2D eigenvalue weighted by atomic mass is 9.83. The van der Waals surface area contributed by atoms with Crippen LogP contribution in [0.5, 0.6) is 5.75 Å². The number of hydrogen-bond acceptors (Lipinski definition) is 4. The van der Waals surface area contributed by atoms with Crippen molar-refractivity contribution in [3.8, 4) is 5.75 Å². The summed E-state index contributed by atoms with van der Waals surface area (Å²) in [7, 11) is 2.59. The minimum atomic E-state index is 0.373. The highest BCUT2D eigenvalue weighted by molar-refractivity contribution is 5.74. The topological polar surface area (TPSA) is 55.8 Å². The Balaban J connectivity index is 0.000000198. The highest BCUT2D eigenvalue weighted by atomic mass is 16.5. The van der Waals surface area contributed by atoms with Crippen LogP contribution in [0.15, 0.2) is 24.3 Å². The van der Waals surface area contributed by atoms with Gasteiger partial charge in [0.15, 0.2) is 0 Å². The Morgan fingerprint density at radius 1 is 1.05 bits per heavy atom. The van der Waals surface area contributed by atoms with Crippen LogP contribution < -0.4 is 4.74 Å². The molecular formula is C18H28O4. The van der Waals surface area contributed by atoms with Crippen molar-refractivity contribution in [2.24, 2.45) is 0 Å². The number of benzene rings is 1. The molecular weight excluding hydrogens is 280 g/mol. The summed E-state index contributed by atoms with van der Waals surface area (Å²) < 4.78 is 10.7. The maximum absolute atomic E-state index is 10.2. The molecule has 0 unspecified atom stereocenters. The van der Waals surface area contributed by atoms with Crippen LogP contribution >= 0.6 is 0 Å². The fourth-order valence-corrected chi connectivity index (χ4v) is 3.03. The molecule has 2 fully saturated rings. The third kappa shape index (κ3) is 5.78. The van der Waals surface area contributed by atoms with Crippen molar-refractivity contribution >= 4 is 6.29 Å². The molecule has 0 radical (unpaired) electrons. The monoisotopic (exact) mass is 308 g/mol. The number of ether oxygens (including phenoxy) is 2. The van der Waals surface area contributed by atoms with E-state index in [-0.39, 0.29) is 0 Å². The minimum Gasteiger partial charge on any atom is -0.497 e. The van der Waals surface area contributed by atoms with Gasteiger partial charge in [-0.1, -0.05) is 19.3 Å². The van der Waals surface area contributed by atoms with E-state index in [0.717, 1.165) is 25.8 Å². The molecule has 1 saturated heterocycles. The molecule has 1 N–H and O–H groups in total. The molecule has 4 nitrogen and oxygen atoms in total. The van der Waals surface area contributed by atoms with Crippen molar-refractivity contribution in [2.45, 2.75) is 50.5 Å². The summed E-state index contributed by atoms with van der Waals surface area (Å²) in [5, 5.41) is 7.00. The second kappa shape index (κ2) is 10.4. The van der Waals surface area contributed by atoms with Gasteiger partial charge in [-0.2, -0.15) is 0 Å². The van der Waals surface area contributed by atoms with E-state index in [9.17, 15) is 4.79 Å². The molecule has 2 aliphatic rings. The Morgan fingerprint density at radius 2 is 1.64 bits per heavy atom. The lowest BCUT2D eigenvalue weighted by molar-refractivity contribution is -0.0243. The van der Waals surface area contributed by atoms with Crippen molar-refractivity contribution in [1.29, 1.82) is 0 Å². The van der Waals surface area contributed by atoms with Crippen molar-refractivity contribution < 1.29 is 19.4 Å². The summed E-state index contributed by atoms with van der Waals surface area (Å²) in [6.07, 6.45) is 10.4. The van der Waals surface area contributed by atoms with Gasteiger partial charge in [0.05, 0.1) is 12.7 Å². The molecule has 1 aliphatic carbocycles. The largest absolute Gasteiger partial charge is 0.497 e. The van der Waals surface area contributed by atoms with Crippen LogP contribution in [0, 0.1) is 0 Å². The van der Waals surface area contributed by atoms with Crippen LogP contribution in [0.1, 0.15) is 55.3 Å². The van der Waals surface area contributed by atoms with Gasteiger partial charge in [0.25, 0.3) is 0 Å². The van der Waals surface area contributed by atoms with Crippen molar-refractivity contribution in [3.63, 3.8) is 0 Å². The third-order valence-electron chi connectivity index (χ3n) is 4.20. The quantitative estimate of drug-likeness (QED) is 0.848. The first-order chi connectivity index (χ1) is 10.8. The lowest BCUT2D eigenvalue weighted by Crippen LogP contribution is -2.29. The SMILES string of the molecule is C1CCC2(CC1)CCCO2.CO.COc1ccc(C=O)cc1. The van der Waals surface area contributed by atoms with Gasteiger partial charge in [0.2, 0.25) is 0 Å². The Labute approximate surface area is 133 Å². The first kappa shape index (κ1) is 18.7. The molecule has 0 aromatic heterocycles. The number of aliphatic hydroxyl groups is 1. The Bertz CT molecular complexity index is 400. The zero-order valence-corrected chi connectivity index (χ0v) is 13.7. The number of carbonyl (C=O) groups is 1. The molecule has 1 heterocycles. The average Bonchev–Trinajstić information content (AvgIpc) is 3.05. The molecule has 22 heavy (non-hydrogen) atoms. The zero-order chi connectivity index (χ0) is 16.3. The predicted molar refractivity (Wildman–Crippen MR) is 87.5 cm³/mol. The summed E-state index contributed by atoms with van der Waals surface area (Å²) in [4.78, 5) is 10.2. The van der Waals surface area contributed by atoms with Crippen LogP contribution in [0.25, 0.3) is 0 Å². The molecule has 0 bridgehead atoms. The highest BCUT2D eigenvalue weighted by Crippen LogP contribution is 2.38. The molecule has 0 atom stereocenters. The molecule has 1 aromatic rings. The van der Waals surface area contributed by atoms with Crippen molar-refractivity contribution in [1.82, 2.24) is 0 Å². The van der Waals surface area contributed by atoms with E-state index in [2.05, 4.69) is 0 Å². The smallest absolute Gasteiger partial charge is 0.150 e. The molecule has 4 heteroatoms. The lowest BCUT2D eigenvalue weighted by Gasteiger charge is -2.32. The molecule has 0 amide bonds. The minimum absolute atomic E-state index is 0.373. The first-order valence-electron chi connectivity index (χ1n) is 7.96. The van der Waals surface area contributed by atoms with Gasteiger partial charge in [0, 0.05) is 19.3 Å². The summed E-state index contributed by atoms with van der Waals surface area (Å²) in [6, 6.07) is 6.94. The van der Waals surface area contributed by atoms with E-state index in [1.54, 1.807) is 31.4 Å². The van der Waals surface area contributed by atoms with E-state index in [0.29, 0.717) is 11.2 Å². The average molecular weight is 308 g/mol. The molecule has 3 rings (SSSR count). The van der Waals surface area contributed by atoms with E-state index in [4.69, 9.17) is 14.6 Å². The maximum atomic E-state index is 10.2. The number of carbonyl (C=O) groups excluding carboxylic acids is 1. The predicted octanol–water partition coefficient (Wildman–Crippen LogP) is 3.62. The molecule has 124 valence electrons. The van der Waals surface area contributed by atoms with Crippen LogP contribution in [0.4, 0.5) is 0 Å². The van der Waals surface area contributed by atoms with E-state index in [1.807, 2.05) is 0 Å². The van der Waals surface area contributed by atoms with Crippen LogP contribution in [0.2, 0.25) is 0 Å². The van der Waals surface area contributed by atoms with Crippen molar-refractivity contribution in [2.75, 3.05) is 20.8 Å². The van der Waals surface area contributed by atoms with Gasteiger partial charge >= 0.3 is 0 Å². The number of aldehydes is 1. The van der Waals surface area contributed by atoms with Crippen molar-refractivity contribution in [3.05, 3.63) is 29.8 Å². The Morgan fingerprint density at radius 3 is 2.09 bits per heavy atom. The van der Waals surface area contributed by atoms with Gasteiger partial charge < -0.3 is 14.6 Å². The number of aliphatic hydroxyl groups excluding tert-OH is 1. The Hall–Kier alpha value is -1.39. The molecule has 1 aliphatic heterocycles. The second-order valence-electron chi connectivity index (χ2n) is 5.59. The normalized spacial score (nSPS) is 18.5. The van der Waals surface area contributed by atoms with Gasteiger partial charge in [-0.05, 0) is 49.9 Å². The van der Waals surface area contributed by atoms with Crippen LogP contribution in [-0.2, 0) is 4.74 Å². The maximum Gasteiger partial charge on any atom is 0.150 e. The zero-order valence-electron chi connectivity index (χ0n) is 13.7. The standard InChI is InChI=1S/C9H16O.C8H8O2.CH4O/c1-2-5-9(6-3-1)7-4-8-10-9;1-10-8-4-2-7(6-9)3-5-8;1-2/h1-8H2;2-6H,1H3;2H,1H3. The van der Waals surface area contributed by atoms with E-state index >= 15 is 0 Å². The molecule has 1 spiro atoms. The summed E-state index contributed by atoms with van der Waals surface area (Å²) in [5.41, 5.74) is 1.04. The van der Waals surface area contributed by atoms with Crippen LogP contribution in [-0.4, -0.2) is 37.8 Å². The van der Waals surface area contributed by atoms with Gasteiger partial charge in [-0.15, -0.1) is 0 Å².